The van der Waals surface area contributed by atoms with Gasteiger partial charge in [0.2, 0.25) is 5.91 Å². The van der Waals surface area contributed by atoms with Crippen molar-refractivity contribution in [2.24, 2.45) is 0 Å². The minimum atomic E-state index is -0.868. The van der Waals surface area contributed by atoms with Crippen LogP contribution in [0, 0.1) is 0 Å². The smallest absolute Gasteiger partial charge is 0.227 e. The lowest BCUT2D eigenvalue weighted by molar-refractivity contribution is -0.134. The first-order chi connectivity index (χ1) is 8.85. The van der Waals surface area contributed by atoms with Crippen LogP contribution in [-0.4, -0.2) is 39.2 Å². The zero-order chi connectivity index (χ0) is 14.0. The lowest BCUT2D eigenvalue weighted by atomic mass is 10.1. The first-order valence-electron chi connectivity index (χ1n) is 6.65. The Hall–Kier alpha value is -1.55. The Balaban J connectivity index is 2.01. The summed E-state index contributed by atoms with van der Waals surface area (Å²) in [6, 6.07) is 6.96. The van der Waals surface area contributed by atoms with Gasteiger partial charge in [0.25, 0.3) is 0 Å². The second-order valence-electron chi connectivity index (χ2n) is 5.91. The summed E-state index contributed by atoms with van der Waals surface area (Å²) < 4.78 is 0. The van der Waals surface area contributed by atoms with E-state index < -0.39 is 5.60 Å². The summed E-state index contributed by atoms with van der Waals surface area (Å²) in [5.74, 6) is 0.238. The van der Waals surface area contributed by atoms with Crippen molar-refractivity contribution in [3.63, 3.8) is 0 Å². The molecule has 1 aromatic rings. The number of aliphatic hydroxyl groups is 1. The van der Waals surface area contributed by atoms with Crippen LogP contribution in [0.15, 0.2) is 24.3 Å². The van der Waals surface area contributed by atoms with Gasteiger partial charge in [-0.05, 0) is 44.4 Å². The summed E-state index contributed by atoms with van der Waals surface area (Å²) in [7, 11) is 0. The van der Waals surface area contributed by atoms with E-state index in [4.69, 9.17) is 0 Å². The maximum Gasteiger partial charge on any atom is 0.227 e. The normalized spacial score (nSPS) is 15.3. The molecule has 19 heavy (non-hydrogen) atoms. The van der Waals surface area contributed by atoms with Gasteiger partial charge in [-0.1, -0.05) is 12.1 Å². The van der Waals surface area contributed by atoms with Crippen molar-refractivity contribution in [2.75, 3.05) is 6.54 Å². The Labute approximate surface area is 113 Å². The number of carbonyl (C=O) groups is 1. The van der Waals surface area contributed by atoms with E-state index in [2.05, 4.69) is 0 Å². The number of aromatic hydroxyl groups is 1. The standard InChI is InChI=1S/C15H21NO3/c1-15(2,19)10-16(12-5-6-12)14(18)9-11-3-7-13(17)8-4-11/h3-4,7-8,12,17,19H,5-6,9-10H2,1-2H3. The first-order valence-corrected chi connectivity index (χ1v) is 6.65. The van der Waals surface area contributed by atoms with Crippen molar-refractivity contribution >= 4 is 5.91 Å². The van der Waals surface area contributed by atoms with E-state index >= 15 is 0 Å². The Kier molecular flexibility index (Phi) is 3.80. The van der Waals surface area contributed by atoms with Gasteiger partial charge in [0.15, 0.2) is 0 Å². The van der Waals surface area contributed by atoms with Crippen LogP contribution in [0.3, 0.4) is 0 Å². The van der Waals surface area contributed by atoms with Crippen LogP contribution in [0.4, 0.5) is 0 Å². The highest BCUT2D eigenvalue weighted by Gasteiger charge is 2.35. The number of hydrogen-bond acceptors (Lipinski definition) is 3. The third-order valence-corrected chi connectivity index (χ3v) is 3.16. The van der Waals surface area contributed by atoms with E-state index in [-0.39, 0.29) is 17.7 Å². The number of phenols is 1. The molecular formula is C15H21NO3. The fourth-order valence-electron chi connectivity index (χ4n) is 2.11. The third kappa shape index (κ3) is 4.24. The number of amides is 1. The van der Waals surface area contributed by atoms with E-state index in [0.717, 1.165) is 18.4 Å². The number of rotatable bonds is 5. The molecule has 1 saturated carbocycles. The van der Waals surface area contributed by atoms with Crippen LogP contribution < -0.4 is 0 Å². The molecule has 1 aliphatic carbocycles. The summed E-state index contributed by atoms with van der Waals surface area (Å²) in [5, 5.41) is 19.1. The van der Waals surface area contributed by atoms with Crippen molar-refractivity contribution in [1.82, 2.24) is 4.90 Å². The highest BCUT2D eigenvalue weighted by Crippen LogP contribution is 2.29. The molecule has 1 aromatic carbocycles. The molecule has 0 heterocycles. The minimum Gasteiger partial charge on any atom is -0.508 e. The number of benzene rings is 1. The van der Waals surface area contributed by atoms with Gasteiger partial charge in [-0.2, -0.15) is 0 Å². The molecule has 0 radical (unpaired) electrons. The van der Waals surface area contributed by atoms with Crippen molar-refractivity contribution in [3.8, 4) is 5.75 Å². The van der Waals surface area contributed by atoms with E-state index in [1.54, 1.807) is 43.0 Å². The number of carbonyl (C=O) groups excluding carboxylic acids is 1. The summed E-state index contributed by atoms with van der Waals surface area (Å²) in [6.07, 6.45) is 2.36. The molecule has 0 atom stereocenters. The molecule has 1 aliphatic rings. The quantitative estimate of drug-likeness (QED) is 0.850. The Morgan fingerprint density at radius 1 is 1.32 bits per heavy atom. The van der Waals surface area contributed by atoms with Crippen LogP contribution in [0.25, 0.3) is 0 Å². The van der Waals surface area contributed by atoms with Crippen molar-refractivity contribution in [1.29, 1.82) is 0 Å². The molecule has 0 unspecified atom stereocenters. The van der Waals surface area contributed by atoms with Crippen molar-refractivity contribution < 1.29 is 15.0 Å². The first kappa shape index (κ1) is 13.9. The van der Waals surface area contributed by atoms with E-state index in [0.29, 0.717) is 13.0 Å². The lowest BCUT2D eigenvalue weighted by Gasteiger charge is -2.29. The summed E-state index contributed by atoms with van der Waals surface area (Å²) in [5.41, 5.74) is 0.0110. The van der Waals surface area contributed by atoms with Crippen LogP contribution in [0.1, 0.15) is 32.3 Å². The van der Waals surface area contributed by atoms with Crippen LogP contribution in [0.5, 0.6) is 5.75 Å². The fourth-order valence-corrected chi connectivity index (χ4v) is 2.11. The molecule has 0 bridgehead atoms. The van der Waals surface area contributed by atoms with Crippen molar-refractivity contribution in [2.45, 2.75) is 44.8 Å². The van der Waals surface area contributed by atoms with E-state index in [1.807, 2.05) is 0 Å². The van der Waals surface area contributed by atoms with Gasteiger partial charge in [-0.3, -0.25) is 4.79 Å². The van der Waals surface area contributed by atoms with Gasteiger partial charge in [0, 0.05) is 12.6 Å². The van der Waals surface area contributed by atoms with Crippen LogP contribution >= 0.6 is 0 Å². The maximum atomic E-state index is 12.3. The predicted molar refractivity (Wildman–Crippen MR) is 72.8 cm³/mol. The molecule has 4 nitrogen and oxygen atoms in total. The largest absolute Gasteiger partial charge is 0.508 e. The predicted octanol–water partition coefficient (Wildman–Crippen LogP) is 1.70. The lowest BCUT2D eigenvalue weighted by Crippen LogP contribution is -2.44. The molecule has 4 heteroatoms. The molecule has 2 N–H and O–H groups in total. The van der Waals surface area contributed by atoms with Gasteiger partial charge >= 0.3 is 0 Å². The Morgan fingerprint density at radius 2 is 1.89 bits per heavy atom. The molecule has 104 valence electrons. The molecule has 1 amide bonds. The zero-order valence-electron chi connectivity index (χ0n) is 11.5. The minimum absolute atomic E-state index is 0.0373. The molecule has 0 aliphatic heterocycles. The summed E-state index contributed by atoms with van der Waals surface area (Å²) in [6.45, 7) is 3.81. The molecule has 0 aromatic heterocycles. The zero-order valence-corrected chi connectivity index (χ0v) is 11.5. The van der Waals surface area contributed by atoms with Crippen LogP contribution in [0.2, 0.25) is 0 Å². The van der Waals surface area contributed by atoms with Gasteiger partial charge in [-0.15, -0.1) is 0 Å². The van der Waals surface area contributed by atoms with Gasteiger partial charge in [-0.25, -0.2) is 0 Å². The van der Waals surface area contributed by atoms with Crippen LogP contribution in [-0.2, 0) is 11.2 Å². The van der Waals surface area contributed by atoms with Gasteiger partial charge in [0.1, 0.15) is 5.75 Å². The highest BCUT2D eigenvalue weighted by atomic mass is 16.3. The van der Waals surface area contributed by atoms with Crippen molar-refractivity contribution in [3.05, 3.63) is 29.8 Å². The highest BCUT2D eigenvalue weighted by molar-refractivity contribution is 5.79. The summed E-state index contributed by atoms with van der Waals surface area (Å²) >= 11 is 0. The number of hydrogen-bond donors (Lipinski definition) is 2. The average molecular weight is 263 g/mol. The SMILES string of the molecule is CC(C)(O)CN(C(=O)Cc1ccc(O)cc1)C1CC1. The second-order valence-corrected chi connectivity index (χ2v) is 5.91. The molecular weight excluding hydrogens is 242 g/mol. The number of nitrogens with zero attached hydrogens (tertiary/aromatic N) is 1. The van der Waals surface area contributed by atoms with E-state index in [1.165, 1.54) is 0 Å². The van der Waals surface area contributed by atoms with Gasteiger partial charge in [0.05, 0.1) is 12.0 Å². The van der Waals surface area contributed by atoms with Gasteiger partial charge < -0.3 is 15.1 Å². The molecule has 1 fully saturated rings. The monoisotopic (exact) mass is 263 g/mol. The number of phenolic OH excluding ortho intramolecular Hbond substituents is 1. The van der Waals surface area contributed by atoms with E-state index in [9.17, 15) is 15.0 Å². The Morgan fingerprint density at radius 3 is 2.37 bits per heavy atom. The molecule has 0 spiro atoms. The Bertz CT molecular complexity index is 443. The molecule has 0 saturated heterocycles. The summed E-state index contributed by atoms with van der Waals surface area (Å²) in [4.78, 5) is 14.1. The molecule has 2 rings (SSSR count). The fraction of sp³-hybridized carbons (Fsp3) is 0.533. The maximum absolute atomic E-state index is 12.3. The third-order valence-electron chi connectivity index (χ3n) is 3.16. The second kappa shape index (κ2) is 5.21. The average Bonchev–Trinajstić information content (AvgIpc) is 3.12. The topological polar surface area (TPSA) is 60.8 Å².